The third-order valence-electron chi connectivity index (χ3n) is 3.46. The lowest BCUT2D eigenvalue weighted by Gasteiger charge is -2.20. The molecule has 1 aromatic carbocycles. The quantitative estimate of drug-likeness (QED) is 0.798. The van der Waals surface area contributed by atoms with Gasteiger partial charge in [0.1, 0.15) is 18.5 Å². The van der Waals surface area contributed by atoms with Gasteiger partial charge in [-0.25, -0.2) is 0 Å². The molecule has 0 bridgehead atoms. The van der Waals surface area contributed by atoms with Gasteiger partial charge in [-0.05, 0) is 25.0 Å². The molecule has 0 radical (unpaired) electrons. The molecule has 1 aliphatic heterocycles. The summed E-state index contributed by atoms with van der Waals surface area (Å²) in [5.74, 6) is 2.62. The molecule has 0 aromatic heterocycles. The summed E-state index contributed by atoms with van der Waals surface area (Å²) < 4.78 is 16.1. The van der Waals surface area contributed by atoms with Crippen LogP contribution < -0.4 is 19.5 Å². The molecule has 0 saturated heterocycles. The Hall–Kier alpha value is -1.46. The van der Waals surface area contributed by atoms with Crippen molar-refractivity contribution in [3.63, 3.8) is 0 Å². The zero-order chi connectivity index (χ0) is 14.5. The highest BCUT2D eigenvalue weighted by Crippen LogP contribution is 2.35. The van der Waals surface area contributed by atoms with Gasteiger partial charge in [0.05, 0.1) is 0 Å². The van der Waals surface area contributed by atoms with Gasteiger partial charge in [-0.1, -0.05) is 13.8 Å². The first-order valence-corrected chi connectivity index (χ1v) is 7.00. The Balaban J connectivity index is 1.74. The average molecular weight is 281 g/mol. The number of hydrogen-bond donors (Lipinski definition) is 2. The van der Waals surface area contributed by atoms with Crippen molar-refractivity contribution in [1.29, 1.82) is 0 Å². The molecule has 1 heterocycles. The van der Waals surface area contributed by atoms with Gasteiger partial charge in [0.25, 0.3) is 0 Å². The standard InChI is InChI=1S/C15H23NO4/c1-10(2)11(3)16-7-12(17)8-18-13-4-5-14-15(6-13)20-9-19-14/h4-6,10-12,16-17H,7-9H2,1-3H3. The molecule has 0 aliphatic carbocycles. The van der Waals surface area contributed by atoms with Crippen LogP contribution in [0.15, 0.2) is 18.2 Å². The van der Waals surface area contributed by atoms with Crippen molar-refractivity contribution in [2.45, 2.75) is 32.9 Å². The van der Waals surface area contributed by atoms with Crippen molar-refractivity contribution < 1.29 is 19.3 Å². The van der Waals surface area contributed by atoms with Gasteiger partial charge >= 0.3 is 0 Å². The first-order valence-electron chi connectivity index (χ1n) is 7.00. The fraction of sp³-hybridized carbons (Fsp3) is 0.600. The molecule has 2 atom stereocenters. The summed E-state index contributed by atoms with van der Waals surface area (Å²) in [6.45, 7) is 7.41. The number of ether oxygens (including phenoxy) is 3. The van der Waals surface area contributed by atoms with E-state index in [0.29, 0.717) is 30.0 Å². The number of nitrogens with one attached hydrogen (secondary N) is 1. The summed E-state index contributed by atoms with van der Waals surface area (Å²) >= 11 is 0. The van der Waals surface area contributed by atoms with Gasteiger partial charge in [0.15, 0.2) is 11.5 Å². The Bertz CT molecular complexity index is 436. The van der Waals surface area contributed by atoms with Crippen LogP contribution in [0, 0.1) is 5.92 Å². The maximum Gasteiger partial charge on any atom is 0.231 e. The lowest BCUT2D eigenvalue weighted by Crippen LogP contribution is -2.38. The lowest BCUT2D eigenvalue weighted by molar-refractivity contribution is 0.102. The maximum atomic E-state index is 9.89. The fourth-order valence-electron chi connectivity index (χ4n) is 1.78. The van der Waals surface area contributed by atoms with Gasteiger partial charge in [-0.3, -0.25) is 0 Å². The second-order valence-corrected chi connectivity index (χ2v) is 5.42. The average Bonchev–Trinajstić information content (AvgIpc) is 2.89. The van der Waals surface area contributed by atoms with Crippen molar-refractivity contribution in [1.82, 2.24) is 5.32 Å². The number of aliphatic hydroxyl groups is 1. The number of benzene rings is 1. The van der Waals surface area contributed by atoms with E-state index >= 15 is 0 Å². The van der Waals surface area contributed by atoms with Gasteiger partial charge in [-0.15, -0.1) is 0 Å². The van der Waals surface area contributed by atoms with Crippen molar-refractivity contribution in [2.75, 3.05) is 19.9 Å². The zero-order valence-electron chi connectivity index (χ0n) is 12.3. The molecule has 0 spiro atoms. The molecule has 0 saturated carbocycles. The molecule has 20 heavy (non-hydrogen) atoms. The third kappa shape index (κ3) is 4.02. The monoisotopic (exact) mass is 281 g/mol. The molecule has 1 aromatic rings. The minimum atomic E-state index is -0.540. The minimum Gasteiger partial charge on any atom is -0.491 e. The SMILES string of the molecule is CC(C)C(C)NCC(O)COc1ccc2c(c1)OCO2. The van der Waals surface area contributed by atoms with E-state index in [-0.39, 0.29) is 13.4 Å². The Kier molecular flexibility index (Phi) is 5.09. The summed E-state index contributed by atoms with van der Waals surface area (Å²) in [7, 11) is 0. The highest BCUT2D eigenvalue weighted by Gasteiger charge is 2.15. The number of aliphatic hydroxyl groups excluding tert-OH is 1. The van der Waals surface area contributed by atoms with E-state index in [9.17, 15) is 5.11 Å². The van der Waals surface area contributed by atoms with Crippen molar-refractivity contribution >= 4 is 0 Å². The first kappa shape index (κ1) is 14.9. The lowest BCUT2D eigenvalue weighted by atomic mass is 10.1. The van der Waals surface area contributed by atoms with Crippen LogP contribution >= 0.6 is 0 Å². The van der Waals surface area contributed by atoms with Crippen LogP contribution in [0.5, 0.6) is 17.2 Å². The molecule has 2 N–H and O–H groups in total. The smallest absolute Gasteiger partial charge is 0.231 e. The Morgan fingerprint density at radius 3 is 2.75 bits per heavy atom. The van der Waals surface area contributed by atoms with E-state index in [0.717, 1.165) is 5.75 Å². The molecule has 1 aliphatic rings. The van der Waals surface area contributed by atoms with Gasteiger partial charge < -0.3 is 24.6 Å². The number of fused-ring (bicyclic) bond motifs is 1. The normalized spacial score (nSPS) is 16.2. The van der Waals surface area contributed by atoms with Crippen LogP contribution in [-0.2, 0) is 0 Å². The molecule has 0 fully saturated rings. The first-order chi connectivity index (χ1) is 9.56. The highest BCUT2D eigenvalue weighted by atomic mass is 16.7. The number of rotatable bonds is 7. The van der Waals surface area contributed by atoms with Crippen LogP contribution in [-0.4, -0.2) is 37.2 Å². The van der Waals surface area contributed by atoms with Crippen molar-refractivity contribution in [3.05, 3.63) is 18.2 Å². The Labute approximate surface area is 119 Å². The predicted octanol–water partition coefficient (Wildman–Crippen LogP) is 1.79. The third-order valence-corrected chi connectivity index (χ3v) is 3.46. The summed E-state index contributed by atoms with van der Waals surface area (Å²) in [5.41, 5.74) is 0. The molecule has 5 heteroatoms. The molecule has 2 unspecified atom stereocenters. The molecule has 5 nitrogen and oxygen atoms in total. The topological polar surface area (TPSA) is 60.0 Å². The molecular formula is C15H23NO4. The summed E-state index contributed by atoms with van der Waals surface area (Å²) in [4.78, 5) is 0. The Morgan fingerprint density at radius 1 is 1.25 bits per heavy atom. The molecule has 2 rings (SSSR count). The number of hydrogen-bond acceptors (Lipinski definition) is 5. The van der Waals surface area contributed by atoms with Crippen LogP contribution in [0.3, 0.4) is 0 Å². The zero-order valence-corrected chi connectivity index (χ0v) is 12.3. The van der Waals surface area contributed by atoms with Gasteiger partial charge in [0.2, 0.25) is 6.79 Å². The van der Waals surface area contributed by atoms with Gasteiger partial charge in [-0.2, -0.15) is 0 Å². The van der Waals surface area contributed by atoms with Crippen molar-refractivity contribution in [2.24, 2.45) is 5.92 Å². The maximum absolute atomic E-state index is 9.89. The largest absolute Gasteiger partial charge is 0.491 e. The second-order valence-electron chi connectivity index (χ2n) is 5.42. The van der Waals surface area contributed by atoms with E-state index < -0.39 is 6.10 Å². The Morgan fingerprint density at radius 2 is 2.00 bits per heavy atom. The molecule has 112 valence electrons. The second kappa shape index (κ2) is 6.81. The van der Waals surface area contributed by atoms with E-state index in [2.05, 4.69) is 26.1 Å². The summed E-state index contributed by atoms with van der Waals surface area (Å²) in [6.07, 6.45) is -0.540. The van der Waals surface area contributed by atoms with Crippen molar-refractivity contribution in [3.8, 4) is 17.2 Å². The summed E-state index contributed by atoms with van der Waals surface area (Å²) in [6, 6.07) is 5.77. The van der Waals surface area contributed by atoms with Crippen LogP contribution in [0.1, 0.15) is 20.8 Å². The van der Waals surface area contributed by atoms with E-state index in [1.54, 1.807) is 6.07 Å². The van der Waals surface area contributed by atoms with Gasteiger partial charge in [0, 0.05) is 18.7 Å². The van der Waals surface area contributed by atoms with E-state index in [1.807, 2.05) is 12.1 Å². The van der Waals surface area contributed by atoms with E-state index in [1.165, 1.54) is 0 Å². The highest BCUT2D eigenvalue weighted by molar-refractivity contribution is 5.46. The minimum absolute atomic E-state index is 0.247. The molecular weight excluding hydrogens is 258 g/mol. The predicted molar refractivity (Wildman–Crippen MR) is 76.4 cm³/mol. The summed E-state index contributed by atoms with van der Waals surface area (Å²) in [5, 5.41) is 13.2. The van der Waals surface area contributed by atoms with Crippen LogP contribution in [0.25, 0.3) is 0 Å². The van der Waals surface area contributed by atoms with Crippen LogP contribution in [0.2, 0.25) is 0 Å². The van der Waals surface area contributed by atoms with E-state index in [4.69, 9.17) is 14.2 Å². The van der Waals surface area contributed by atoms with Crippen LogP contribution in [0.4, 0.5) is 0 Å². The molecule has 0 amide bonds. The fourth-order valence-corrected chi connectivity index (χ4v) is 1.78.